The molecule has 0 aromatic heterocycles. The lowest BCUT2D eigenvalue weighted by Crippen LogP contribution is -2.31. The summed E-state index contributed by atoms with van der Waals surface area (Å²) in [5.74, 6) is 1.40. The van der Waals surface area contributed by atoms with E-state index in [1.165, 1.54) is 58.2 Å². The number of likely N-dealkylation sites (tertiary alicyclic amines) is 1. The van der Waals surface area contributed by atoms with Gasteiger partial charge in [-0.25, -0.2) is 0 Å². The van der Waals surface area contributed by atoms with Crippen molar-refractivity contribution in [2.24, 2.45) is 11.8 Å². The molecule has 0 aromatic rings. The van der Waals surface area contributed by atoms with Crippen molar-refractivity contribution in [1.29, 1.82) is 0 Å². The lowest BCUT2D eigenvalue weighted by molar-refractivity contribution is 0.117. The fraction of sp³-hybridized carbons (Fsp3) is 0.882. The number of aliphatic hydroxyl groups is 1. The average molecular weight is 265 g/mol. The van der Waals surface area contributed by atoms with Crippen molar-refractivity contribution in [3.8, 4) is 0 Å². The van der Waals surface area contributed by atoms with E-state index in [0.717, 1.165) is 12.3 Å². The van der Waals surface area contributed by atoms with Gasteiger partial charge < -0.3 is 5.11 Å². The summed E-state index contributed by atoms with van der Waals surface area (Å²) in [5, 5.41) is 9.64. The van der Waals surface area contributed by atoms with Crippen molar-refractivity contribution in [3.63, 3.8) is 0 Å². The molecule has 2 unspecified atom stereocenters. The highest BCUT2D eigenvalue weighted by Gasteiger charge is 2.20. The van der Waals surface area contributed by atoms with Crippen LogP contribution < -0.4 is 0 Å². The van der Waals surface area contributed by atoms with E-state index in [0.29, 0.717) is 5.92 Å². The summed E-state index contributed by atoms with van der Waals surface area (Å²) in [6.45, 7) is 8.07. The Balaban J connectivity index is 1.80. The van der Waals surface area contributed by atoms with E-state index in [1.807, 2.05) is 6.92 Å². The lowest BCUT2D eigenvalue weighted by atomic mass is 9.86. The van der Waals surface area contributed by atoms with E-state index in [2.05, 4.69) is 17.9 Å². The molecule has 1 heterocycles. The molecule has 3 atom stereocenters. The zero-order chi connectivity index (χ0) is 13.7. The highest BCUT2D eigenvalue weighted by molar-refractivity contribution is 5.09. The van der Waals surface area contributed by atoms with Gasteiger partial charge in [-0.15, -0.1) is 0 Å². The Morgan fingerprint density at radius 1 is 1.26 bits per heavy atom. The maximum Gasteiger partial charge on any atom is 0.0543 e. The summed E-state index contributed by atoms with van der Waals surface area (Å²) >= 11 is 0. The number of rotatable bonds is 3. The molecule has 1 aliphatic heterocycles. The third kappa shape index (κ3) is 4.92. The molecule has 0 saturated carbocycles. The Labute approximate surface area is 118 Å². The van der Waals surface area contributed by atoms with Crippen LogP contribution in [-0.2, 0) is 0 Å². The average Bonchev–Trinajstić information content (AvgIpc) is 2.38. The van der Waals surface area contributed by atoms with Crippen LogP contribution in [0.25, 0.3) is 0 Å². The van der Waals surface area contributed by atoms with E-state index in [1.54, 1.807) is 5.57 Å². The summed E-state index contributed by atoms with van der Waals surface area (Å²) in [5.41, 5.74) is 1.62. The molecular formula is C17H31NO. The molecule has 1 saturated heterocycles. The van der Waals surface area contributed by atoms with Gasteiger partial charge in [0.25, 0.3) is 0 Å². The highest BCUT2D eigenvalue weighted by atomic mass is 16.3. The molecule has 2 heteroatoms. The van der Waals surface area contributed by atoms with Crippen molar-refractivity contribution in [1.82, 2.24) is 4.90 Å². The van der Waals surface area contributed by atoms with Gasteiger partial charge in [-0.05, 0) is 64.0 Å². The second-order valence-electron chi connectivity index (χ2n) is 6.80. The van der Waals surface area contributed by atoms with Gasteiger partial charge in [0.2, 0.25) is 0 Å². The van der Waals surface area contributed by atoms with Gasteiger partial charge in [-0.1, -0.05) is 31.4 Å². The van der Waals surface area contributed by atoms with Crippen LogP contribution in [0.4, 0.5) is 0 Å². The fourth-order valence-corrected chi connectivity index (χ4v) is 3.42. The maximum atomic E-state index is 9.64. The van der Waals surface area contributed by atoms with Crippen LogP contribution in [0.5, 0.6) is 0 Å². The molecule has 1 aliphatic carbocycles. The van der Waals surface area contributed by atoms with Crippen LogP contribution in [0.2, 0.25) is 0 Å². The van der Waals surface area contributed by atoms with Crippen LogP contribution in [-0.4, -0.2) is 35.7 Å². The van der Waals surface area contributed by atoms with Crippen LogP contribution in [0.3, 0.4) is 0 Å². The predicted octanol–water partition coefficient (Wildman–Crippen LogP) is 3.61. The standard InChI is InChI=1S/C17H31NO/c1-14-5-3-4-11-18(12-10-14)13-16-6-8-17(9-7-16)15(2)19/h6,14-15,17,19H,3-5,7-13H2,1-2H3/t14?,15?,17-/m0/s1. The molecule has 19 heavy (non-hydrogen) atoms. The molecule has 0 radical (unpaired) electrons. The number of allylic oxidation sites excluding steroid dienone is 1. The summed E-state index contributed by atoms with van der Waals surface area (Å²) in [6, 6.07) is 0. The molecule has 0 spiro atoms. The molecule has 0 amide bonds. The van der Waals surface area contributed by atoms with E-state index in [4.69, 9.17) is 0 Å². The van der Waals surface area contributed by atoms with Crippen molar-refractivity contribution < 1.29 is 5.11 Å². The van der Waals surface area contributed by atoms with E-state index < -0.39 is 0 Å². The topological polar surface area (TPSA) is 23.5 Å². The first-order valence-corrected chi connectivity index (χ1v) is 8.23. The van der Waals surface area contributed by atoms with Crippen LogP contribution in [0.15, 0.2) is 11.6 Å². The molecule has 0 aromatic carbocycles. The second kappa shape index (κ2) is 7.44. The van der Waals surface area contributed by atoms with Crippen molar-refractivity contribution >= 4 is 0 Å². The van der Waals surface area contributed by atoms with Crippen molar-refractivity contribution in [2.75, 3.05) is 19.6 Å². The number of aliphatic hydroxyl groups excluding tert-OH is 1. The number of hydrogen-bond acceptors (Lipinski definition) is 2. The zero-order valence-corrected chi connectivity index (χ0v) is 12.8. The third-order valence-corrected chi connectivity index (χ3v) is 5.01. The molecular weight excluding hydrogens is 234 g/mol. The Morgan fingerprint density at radius 2 is 2.11 bits per heavy atom. The number of hydrogen-bond donors (Lipinski definition) is 1. The highest BCUT2D eigenvalue weighted by Crippen LogP contribution is 2.27. The van der Waals surface area contributed by atoms with Crippen molar-refractivity contribution in [3.05, 3.63) is 11.6 Å². The maximum absolute atomic E-state index is 9.64. The van der Waals surface area contributed by atoms with Crippen LogP contribution in [0, 0.1) is 11.8 Å². The van der Waals surface area contributed by atoms with Crippen molar-refractivity contribution in [2.45, 2.75) is 64.9 Å². The van der Waals surface area contributed by atoms with Gasteiger partial charge >= 0.3 is 0 Å². The molecule has 2 nitrogen and oxygen atoms in total. The Bertz CT molecular complexity index is 298. The summed E-state index contributed by atoms with van der Waals surface area (Å²) in [4.78, 5) is 2.66. The Hall–Kier alpha value is -0.340. The third-order valence-electron chi connectivity index (χ3n) is 5.01. The molecule has 1 fully saturated rings. The Morgan fingerprint density at radius 3 is 2.79 bits per heavy atom. The monoisotopic (exact) mass is 265 g/mol. The van der Waals surface area contributed by atoms with E-state index in [-0.39, 0.29) is 6.10 Å². The molecule has 110 valence electrons. The number of nitrogens with zero attached hydrogens (tertiary/aromatic N) is 1. The molecule has 1 N–H and O–H groups in total. The molecule has 2 rings (SSSR count). The van der Waals surface area contributed by atoms with Gasteiger partial charge in [0.05, 0.1) is 6.10 Å². The first kappa shape index (κ1) is 15.1. The summed E-state index contributed by atoms with van der Waals surface area (Å²) < 4.78 is 0. The predicted molar refractivity (Wildman–Crippen MR) is 81.2 cm³/mol. The summed E-state index contributed by atoms with van der Waals surface area (Å²) in [7, 11) is 0. The van der Waals surface area contributed by atoms with Gasteiger partial charge in [-0.2, -0.15) is 0 Å². The van der Waals surface area contributed by atoms with Gasteiger partial charge in [0, 0.05) is 6.54 Å². The molecule has 2 aliphatic rings. The zero-order valence-electron chi connectivity index (χ0n) is 12.8. The first-order valence-electron chi connectivity index (χ1n) is 8.23. The summed E-state index contributed by atoms with van der Waals surface area (Å²) in [6.07, 6.45) is 11.3. The first-order chi connectivity index (χ1) is 9.15. The minimum Gasteiger partial charge on any atom is -0.393 e. The van der Waals surface area contributed by atoms with E-state index >= 15 is 0 Å². The quantitative estimate of drug-likeness (QED) is 0.788. The normalized spacial score (nSPS) is 32.3. The SMILES string of the molecule is CC1CCCCN(CC2=CC[C@H](C(C)O)CC2)CC1. The van der Waals surface area contributed by atoms with Crippen LogP contribution in [0.1, 0.15) is 58.8 Å². The minimum absolute atomic E-state index is 0.139. The Kier molecular flexibility index (Phi) is 5.90. The molecule has 0 bridgehead atoms. The largest absolute Gasteiger partial charge is 0.393 e. The van der Waals surface area contributed by atoms with Gasteiger partial charge in [0.15, 0.2) is 0 Å². The second-order valence-corrected chi connectivity index (χ2v) is 6.80. The van der Waals surface area contributed by atoms with E-state index in [9.17, 15) is 5.11 Å². The minimum atomic E-state index is -0.139. The van der Waals surface area contributed by atoms with Crippen LogP contribution >= 0.6 is 0 Å². The van der Waals surface area contributed by atoms with Gasteiger partial charge in [0.1, 0.15) is 0 Å². The fourth-order valence-electron chi connectivity index (χ4n) is 3.42. The smallest absolute Gasteiger partial charge is 0.0543 e. The van der Waals surface area contributed by atoms with Gasteiger partial charge in [-0.3, -0.25) is 4.90 Å². The lowest BCUT2D eigenvalue weighted by Gasteiger charge is -2.30.